The molecule has 0 bridgehead atoms. The molecule has 0 aromatic heterocycles. The van der Waals surface area contributed by atoms with Gasteiger partial charge in [-0.25, -0.2) is 0 Å². The van der Waals surface area contributed by atoms with Crippen LogP contribution in [0.3, 0.4) is 0 Å². The second kappa shape index (κ2) is 6.95. The molecule has 1 N–H and O–H groups in total. The molecule has 0 aliphatic carbocycles. The van der Waals surface area contributed by atoms with Crippen LogP contribution >= 0.6 is 11.6 Å². The third-order valence-electron chi connectivity index (χ3n) is 3.67. The van der Waals surface area contributed by atoms with Crippen LogP contribution in [0.25, 0.3) is 0 Å². The van der Waals surface area contributed by atoms with Crippen LogP contribution in [0.1, 0.15) is 24.8 Å². The smallest absolute Gasteiger partial charge is 0.320 e. The van der Waals surface area contributed by atoms with E-state index in [0.717, 1.165) is 37.1 Å². The van der Waals surface area contributed by atoms with E-state index in [1.54, 1.807) is 6.07 Å². The van der Waals surface area contributed by atoms with Gasteiger partial charge in [-0.3, -0.25) is 9.69 Å². The highest BCUT2D eigenvalue weighted by molar-refractivity contribution is 6.30. The number of hydrogen-bond acceptors (Lipinski definition) is 3. The molecule has 0 spiro atoms. The number of piperidine rings is 1. The highest BCUT2D eigenvalue weighted by atomic mass is 35.5. The molecule has 2 rings (SSSR count). The van der Waals surface area contributed by atoms with E-state index < -0.39 is 5.97 Å². The largest absolute Gasteiger partial charge is 0.492 e. The molecule has 0 saturated carbocycles. The Morgan fingerprint density at radius 1 is 1.50 bits per heavy atom. The van der Waals surface area contributed by atoms with Crippen molar-refractivity contribution in [3.05, 3.63) is 28.8 Å². The van der Waals surface area contributed by atoms with Gasteiger partial charge in [0.05, 0.1) is 0 Å². The van der Waals surface area contributed by atoms with Crippen LogP contribution in [0.4, 0.5) is 0 Å². The van der Waals surface area contributed by atoms with Crippen molar-refractivity contribution in [3.8, 4) is 5.75 Å². The Hall–Kier alpha value is -1.26. The first-order valence-corrected chi connectivity index (χ1v) is 7.31. The van der Waals surface area contributed by atoms with Crippen LogP contribution in [0, 0.1) is 6.92 Å². The second-order valence-corrected chi connectivity index (χ2v) is 5.58. The zero-order chi connectivity index (χ0) is 14.5. The molecule has 1 atom stereocenters. The first-order valence-electron chi connectivity index (χ1n) is 6.94. The van der Waals surface area contributed by atoms with E-state index in [9.17, 15) is 9.90 Å². The summed E-state index contributed by atoms with van der Waals surface area (Å²) in [6, 6.07) is 5.14. The lowest BCUT2D eigenvalue weighted by Crippen LogP contribution is -2.46. The minimum atomic E-state index is -0.729. The van der Waals surface area contributed by atoms with Crippen LogP contribution in [0.2, 0.25) is 5.02 Å². The van der Waals surface area contributed by atoms with Crippen molar-refractivity contribution in [2.45, 2.75) is 32.2 Å². The molecular weight excluding hydrogens is 278 g/mol. The van der Waals surface area contributed by atoms with Gasteiger partial charge < -0.3 is 9.84 Å². The van der Waals surface area contributed by atoms with Crippen molar-refractivity contribution >= 4 is 17.6 Å². The summed E-state index contributed by atoms with van der Waals surface area (Å²) < 4.78 is 5.73. The highest BCUT2D eigenvalue weighted by Gasteiger charge is 2.27. The van der Waals surface area contributed by atoms with E-state index in [0.29, 0.717) is 18.2 Å². The van der Waals surface area contributed by atoms with Gasteiger partial charge in [0.15, 0.2) is 0 Å². The highest BCUT2D eigenvalue weighted by Crippen LogP contribution is 2.22. The van der Waals surface area contributed by atoms with Gasteiger partial charge in [0.2, 0.25) is 0 Å². The number of hydrogen-bond donors (Lipinski definition) is 1. The van der Waals surface area contributed by atoms with Gasteiger partial charge in [0, 0.05) is 11.6 Å². The topological polar surface area (TPSA) is 49.8 Å². The summed E-state index contributed by atoms with van der Waals surface area (Å²) in [5.41, 5.74) is 0.992. The van der Waals surface area contributed by atoms with Gasteiger partial charge in [-0.1, -0.05) is 18.0 Å². The lowest BCUT2D eigenvalue weighted by Gasteiger charge is -2.32. The van der Waals surface area contributed by atoms with E-state index in [-0.39, 0.29) is 6.04 Å². The van der Waals surface area contributed by atoms with Gasteiger partial charge in [-0.2, -0.15) is 0 Å². The molecule has 1 fully saturated rings. The number of ether oxygens (including phenoxy) is 1. The SMILES string of the molecule is Cc1cc(Cl)ccc1OCCN1CCCCC1C(=O)O. The summed E-state index contributed by atoms with van der Waals surface area (Å²) in [5.74, 6) is 0.0747. The Morgan fingerprint density at radius 3 is 3.00 bits per heavy atom. The predicted molar refractivity (Wildman–Crippen MR) is 78.5 cm³/mol. The Labute approximate surface area is 124 Å². The van der Waals surface area contributed by atoms with Crippen molar-refractivity contribution in [1.29, 1.82) is 0 Å². The molecule has 0 radical (unpaired) electrons. The first kappa shape index (κ1) is 15.1. The molecule has 1 saturated heterocycles. The fourth-order valence-corrected chi connectivity index (χ4v) is 2.81. The zero-order valence-electron chi connectivity index (χ0n) is 11.6. The molecular formula is C15H20ClNO3. The number of benzene rings is 1. The molecule has 20 heavy (non-hydrogen) atoms. The lowest BCUT2D eigenvalue weighted by atomic mass is 10.0. The summed E-state index contributed by atoms with van der Waals surface area (Å²) in [4.78, 5) is 13.2. The number of carbonyl (C=O) groups is 1. The lowest BCUT2D eigenvalue weighted by molar-refractivity contribution is -0.144. The first-order chi connectivity index (χ1) is 9.58. The fourth-order valence-electron chi connectivity index (χ4n) is 2.59. The summed E-state index contributed by atoms with van der Waals surface area (Å²) in [7, 11) is 0. The standard InChI is InChI=1S/C15H20ClNO3/c1-11-10-12(16)5-6-14(11)20-9-8-17-7-3-2-4-13(17)15(18)19/h5-6,10,13H,2-4,7-9H2,1H3,(H,18,19). The molecule has 110 valence electrons. The maximum Gasteiger partial charge on any atom is 0.320 e. The van der Waals surface area contributed by atoms with Gasteiger partial charge in [0.1, 0.15) is 18.4 Å². The Morgan fingerprint density at radius 2 is 2.30 bits per heavy atom. The number of halogens is 1. The minimum absolute atomic E-state index is 0.362. The monoisotopic (exact) mass is 297 g/mol. The van der Waals surface area contributed by atoms with Crippen LogP contribution in [0.15, 0.2) is 18.2 Å². The Kier molecular flexibility index (Phi) is 5.26. The van der Waals surface area contributed by atoms with E-state index in [2.05, 4.69) is 0 Å². The summed E-state index contributed by atoms with van der Waals surface area (Å²) >= 11 is 5.90. The van der Waals surface area contributed by atoms with Crippen molar-refractivity contribution in [2.24, 2.45) is 0 Å². The fraction of sp³-hybridized carbons (Fsp3) is 0.533. The van der Waals surface area contributed by atoms with Crippen molar-refractivity contribution in [3.63, 3.8) is 0 Å². The molecule has 1 unspecified atom stereocenters. The minimum Gasteiger partial charge on any atom is -0.492 e. The maximum absolute atomic E-state index is 11.2. The second-order valence-electron chi connectivity index (χ2n) is 5.14. The summed E-state index contributed by atoms with van der Waals surface area (Å²) in [6.45, 7) is 3.91. The van der Waals surface area contributed by atoms with Gasteiger partial charge >= 0.3 is 5.97 Å². The normalized spacial score (nSPS) is 19.8. The molecule has 1 aromatic carbocycles. The van der Waals surface area contributed by atoms with Crippen LogP contribution in [-0.4, -0.2) is 41.7 Å². The number of carboxylic acid groups (broad SMARTS) is 1. The number of nitrogens with zero attached hydrogens (tertiary/aromatic N) is 1. The van der Waals surface area contributed by atoms with Crippen molar-refractivity contribution < 1.29 is 14.6 Å². The maximum atomic E-state index is 11.2. The van der Waals surface area contributed by atoms with E-state index >= 15 is 0 Å². The molecule has 4 nitrogen and oxygen atoms in total. The zero-order valence-corrected chi connectivity index (χ0v) is 12.4. The van der Waals surface area contributed by atoms with Gasteiger partial charge in [0.25, 0.3) is 0 Å². The average Bonchev–Trinajstić information content (AvgIpc) is 2.41. The van der Waals surface area contributed by atoms with Crippen LogP contribution in [-0.2, 0) is 4.79 Å². The predicted octanol–water partition coefficient (Wildman–Crippen LogP) is 2.97. The van der Waals surface area contributed by atoms with E-state index in [1.165, 1.54) is 0 Å². The Balaban J connectivity index is 1.86. The molecule has 1 aromatic rings. The quantitative estimate of drug-likeness (QED) is 0.908. The van der Waals surface area contributed by atoms with Crippen LogP contribution < -0.4 is 4.74 Å². The number of aliphatic carboxylic acids is 1. The third-order valence-corrected chi connectivity index (χ3v) is 3.91. The summed E-state index contributed by atoms with van der Waals surface area (Å²) in [6.07, 6.45) is 2.78. The average molecular weight is 298 g/mol. The number of carboxylic acids is 1. The van der Waals surface area contributed by atoms with Crippen LogP contribution in [0.5, 0.6) is 5.75 Å². The summed E-state index contributed by atoms with van der Waals surface area (Å²) in [5, 5.41) is 9.89. The van der Waals surface area contributed by atoms with Gasteiger partial charge in [-0.05, 0) is 50.1 Å². The molecule has 1 aliphatic heterocycles. The number of rotatable bonds is 5. The molecule has 1 heterocycles. The van der Waals surface area contributed by atoms with Gasteiger partial charge in [-0.15, -0.1) is 0 Å². The number of aryl methyl sites for hydroxylation is 1. The van der Waals surface area contributed by atoms with Crippen molar-refractivity contribution in [2.75, 3.05) is 19.7 Å². The van der Waals surface area contributed by atoms with E-state index in [1.807, 2.05) is 24.0 Å². The molecule has 1 aliphatic rings. The molecule has 0 amide bonds. The third kappa shape index (κ3) is 3.87. The van der Waals surface area contributed by atoms with Crippen molar-refractivity contribution in [1.82, 2.24) is 4.90 Å². The number of likely N-dealkylation sites (tertiary alicyclic amines) is 1. The molecule has 5 heteroatoms. The van der Waals surface area contributed by atoms with E-state index in [4.69, 9.17) is 16.3 Å². The Bertz CT molecular complexity index is 478.